The molecule has 0 unspecified atom stereocenters. The molecule has 0 saturated heterocycles. The van der Waals surface area contributed by atoms with E-state index in [4.69, 9.17) is 9.47 Å². The van der Waals surface area contributed by atoms with Gasteiger partial charge in [0.2, 0.25) is 0 Å². The minimum absolute atomic E-state index is 0.491. The Morgan fingerprint density at radius 3 is 2.55 bits per heavy atom. The molecule has 0 amide bonds. The monoisotopic (exact) mass is 268 g/mol. The van der Waals surface area contributed by atoms with Crippen LogP contribution < -0.4 is 9.47 Å². The van der Waals surface area contributed by atoms with Crippen LogP contribution in [0.15, 0.2) is 54.6 Å². The zero-order chi connectivity index (χ0) is 14.2. The number of ether oxygens (including phenoxy) is 2. The molecule has 0 saturated carbocycles. The Morgan fingerprint density at radius 2 is 1.85 bits per heavy atom. The van der Waals surface area contributed by atoms with Gasteiger partial charge in [0.15, 0.2) is 0 Å². The van der Waals surface area contributed by atoms with Crippen molar-refractivity contribution < 1.29 is 14.3 Å². The van der Waals surface area contributed by atoms with E-state index in [9.17, 15) is 4.79 Å². The standard InChI is InChI=1S/C17H16O3/c1-19-16-9-7-15(8-10-16)13-20-17-6-2-4-14(12-17)5-3-11-18/h2-12H,13H2,1H3. The molecule has 0 bridgehead atoms. The summed E-state index contributed by atoms with van der Waals surface area (Å²) in [6.45, 7) is 0.491. The number of allylic oxidation sites excluding steroid dienone is 1. The average molecular weight is 268 g/mol. The molecule has 0 aliphatic carbocycles. The van der Waals surface area contributed by atoms with Crippen LogP contribution in [0.5, 0.6) is 11.5 Å². The second kappa shape index (κ2) is 7.14. The van der Waals surface area contributed by atoms with Crippen LogP contribution in [0, 0.1) is 0 Å². The summed E-state index contributed by atoms with van der Waals surface area (Å²) < 4.78 is 10.8. The van der Waals surface area contributed by atoms with Crippen molar-refractivity contribution >= 4 is 12.4 Å². The normalized spacial score (nSPS) is 10.4. The maximum Gasteiger partial charge on any atom is 0.142 e. The van der Waals surface area contributed by atoms with E-state index in [2.05, 4.69) is 0 Å². The fourth-order valence-electron chi connectivity index (χ4n) is 1.75. The third-order valence-corrected chi connectivity index (χ3v) is 2.79. The van der Waals surface area contributed by atoms with Crippen LogP contribution >= 0.6 is 0 Å². The van der Waals surface area contributed by atoms with E-state index in [0.717, 1.165) is 28.9 Å². The lowest BCUT2D eigenvalue weighted by molar-refractivity contribution is -0.104. The maximum absolute atomic E-state index is 10.3. The molecule has 0 spiro atoms. The molecular weight excluding hydrogens is 252 g/mol. The summed E-state index contributed by atoms with van der Waals surface area (Å²) in [5.74, 6) is 1.60. The lowest BCUT2D eigenvalue weighted by atomic mass is 10.2. The first kappa shape index (κ1) is 13.9. The SMILES string of the molecule is COc1ccc(COc2cccc(C=CC=O)c2)cc1. The molecule has 0 atom stereocenters. The van der Waals surface area contributed by atoms with Crippen LogP contribution in [0.4, 0.5) is 0 Å². The van der Waals surface area contributed by atoms with Crippen molar-refractivity contribution in [1.82, 2.24) is 0 Å². The van der Waals surface area contributed by atoms with Crippen molar-refractivity contribution in [1.29, 1.82) is 0 Å². The molecule has 2 aromatic rings. The molecule has 0 radical (unpaired) electrons. The summed E-state index contributed by atoms with van der Waals surface area (Å²) in [4.78, 5) is 10.3. The number of carbonyl (C=O) groups excluding carboxylic acids is 1. The Bertz CT molecular complexity index is 585. The van der Waals surface area contributed by atoms with E-state index in [1.165, 1.54) is 6.08 Å². The van der Waals surface area contributed by atoms with Gasteiger partial charge in [-0.15, -0.1) is 0 Å². The molecule has 0 fully saturated rings. The number of hydrogen-bond acceptors (Lipinski definition) is 3. The average Bonchev–Trinajstić information content (AvgIpc) is 2.52. The van der Waals surface area contributed by atoms with Crippen molar-refractivity contribution in [2.75, 3.05) is 7.11 Å². The topological polar surface area (TPSA) is 35.5 Å². The molecule has 20 heavy (non-hydrogen) atoms. The third kappa shape index (κ3) is 3.99. The van der Waals surface area contributed by atoms with Gasteiger partial charge in [0, 0.05) is 0 Å². The molecule has 0 aromatic heterocycles. The number of rotatable bonds is 6. The number of benzene rings is 2. The number of carbonyl (C=O) groups is 1. The van der Waals surface area contributed by atoms with Crippen LogP contribution in [-0.2, 0) is 11.4 Å². The highest BCUT2D eigenvalue weighted by Crippen LogP contribution is 2.17. The van der Waals surface area contributed by atoms with E-state index in [1.54, 1.807) is 13.2 Å². The third-order valence-electron chi connectivity index (χ3n) is 2.79. The van der Waals surface area contributed by atoms with Gasteiger partial charge in [0.25, 0.3) is 0 Å². The highest BCUT2D eigenvalue weighted by atomic mass is 16.5. The van der Waals surface area contributed by atoms with Gasteiger partial charge in [-0.2, -0.15) is 0 Å². The van der Waals surface area contributed by atoms with Gasteiger partial charge in [-0.3, -0.25) is 4.79 Å². The Kier molecular flexibility index (Phi) is 4.95. The quantitative estimate of drug-likeness (QED) is 0.594. The van der Waals surface area contributed by atoms with Gasteiger partial charge in [0.1, 0.15) is 24.4 Å². The van der Waals surface area contributed by atoms with Gasteiger partial charge < -0.3 is 9.47 Å². The summed E-state index contributed by atoms with van der Waals surface area (Å²) in [5, 5.41) is 0. The molecule has 3 heteroatoms. The molecule has 3 nitrogen and oxygen atoms in total. The van der Waals surface area contributed by atoms with Crippen molar-refractivity contribution in [2.45, 2.75) is 6.61 Å². The molecule has 102 valence electrons. The first-order chi connectivity index (χ1) is 9.81. The largest absolute Gasteiger partial charge is 0.497 e. The van der Waals surface area contributed by atoms with Crippen LogP contribution in [0.2, 0.25) is 0 Å². The lowest BCUT2D eigenvalue weighted by Gasteiger charge is -2.07. The van der Waals surface area contributed by atoms with Crippen molar-refractivity contribution in [3.8, 4) is 11.5 Å². The zero-order valence-electron chi connectivity index (χ0n) is 11.3. The molecule has 2 aromatic carbocycles. The van der Waals surface area contributed by atoms with Crippen molar-refractivity contribution in [3.05, 3.63) is 65.7 Å². The van der Waals surface area contributed by atoms with Crippen LogP contribution in [0.3, 0.4) is 0 Å². The van der Waals surface area contributed by atoms with Gasteiger partial charge in [0.05, 0.1) is 7.11 Å². The number of aldehydes is 1. The molecule has 0 N–H and O–H groups in total. The summed E-state index contributed by atoms with van der Waals surface area (Å²) >= 11 is 0. The highest BCUT2D eigenvalue weighted by molar-refractivity contribution is 5.74. The summed E-state index contributed by atoms with van der Waals surface area (Å²) in [5.41, 5.74) is 2.00. The Labute approximate surface area is 118 Å². The minimum atomic E-state index is 0.491. The van der Waals surface area contributed by atoms with Crippen LogP contribution in [0.25, 0.3) is 6.08 Å². The number of methoxy groups -OCH3 is 1. The van der Waals surface area contributed by atoms with E-state index in [0.29, 0.717) is 6.61 Å². The lowest BCUT2D eigenvalue weighted by Crippen LogP contribution is -1.95. The Hall–Kier alpha value is -2.55. The summed E-state index contributed by atoms with van der Waals surface area (Å²) in [7, 11) is 1.64. The van der Waals surface area contributed by atoms with Gasteiger partial charge in [-0.05, 0) is 41.5 Å². The van der Waals surface area contributed by atoms with Crippen molar-refractivity contribution in [2.24, 2.45) is 0 Å². The summed E-state index contributed by atoms with van der Waals surface area (Å²) in [6, 6.07) is 15.3. The molecular formula is C17H16O3. The first-order valence-corrected chi connectivity index (χ1v) is 6.29. The second-order valence-electron chi connectivity index (χ2n) is 4.20. The fraction of sp³-hybridized carbons (Fsp3) is 0.118. The Morgan fingerprint density at radius 1 is 1.05 bits per heavy atom. The van der Waals surface area contributed by atoms with Crippen LogP contribution in [0.1, 0.15) is 11.1 Å². The highest BCUT2D eigenvalue weighted by Gasteiger charge is 1.98. The van der Waals surface area contributed by atoms with Gasteiger partial charge >= 0.3 is 0 Å². The second-order valence-corrected chi connectivity index (χ2v) is 4.20. The first-order valence-electron chi connectivity index (χ1n) is 6.29. The van der Waals surface area contributed by atoms with Gasteiger partial charge in [-0.25, -0.2) is 0 Å². The number of hydrogen-bond donors (Lipinski definition) is 0. The molecule has 0 aliphatic rings. The van der Waals surface area contributed by atoms with E-state index in [1.807, 2.05) is 48.5 Å². The van der Waals surface area contributed by atoms with E-state index >= 15 is 0 Å². The minimum Gasteiger partial charge on any atom is -0.497 e. The van der Waals surface area contributed by atoms with Gasteiger partial charge in [-0.1, -0.05) is 30.3 Å². The molecule has 0 aliphatic heterocycles. The smallest absolute Gasteiger partial charge is 0.142 e. The summed E-state index contributed by atoms with van der Waals surface area (Å²) in [6.07, 6.45) is 3.96. The van der Waals surface area contributed by atoms with E-state index < -0.39 is 0 Å². The molecule has 0 heterocycles. The molecule has 2 rings (SSSR count). The Balaban J connectivity index is 1.99. The zero-order valence-corrected chi connectivity index (χ0v) is 11.3. The van der Waals surface area contributed by atoms with Crippen molar-refractivity contribution in [3.63, 3.8) is 0 Å². The predicted octanol–water partition coefficient (Wildman–Crippen LogP) is 3.49. The maximum atomic E-state index is 10.3. The fourth-order valence-corrected chi connectivity index (χ4v) is 1.75. The predicted molar refractivity (Wildman–Crippen MR) is 78.9 cm³/mol. The van der Waals surface area contributed by atoms with Crippen LogP contribution in [-0.4, -0.2) is 13.4 Å². The van der Waals surface area contributed by atoms with E-state index in [-0.39, 0.29) is 0 Å².